The van der Waals surface area contributed by atoms with Crippen LogP contribution in [0.1, 0.15) is 19.3 Å². The Kier molecular flexibility index (Phi) is 4.72. The molecule has 98 valence electrons. The molecule has 1 aromatic rings. The Labute approximate surface area is 114 Å². The first-order valence-corrected chi connectivity index (χ1v) is 6.90. The molecule has 5 heteroatoms. The number of halogens is 2. The van der Waals surface area contributed by atoms with E-state index in [2.05, 4.69) is 26.6 Å². The van der Waals surface area contributed by atoms with Crippen LogP contribution >= 0.6 is 15.9 Å². The number of hydrogen-bond donors (Lipinski definition) is 2. The van der Waals surface area contributed by atoms with Crippen LogP contribution in [0.5, 0.6) is 0 Å². The molecule has 0 aromatic heterocycles. The quantitative estimate of drug-likeness (QED) is 0.900. The van der Waals surface area contributed by atoms with Crippen LogP contribution in [0.2, 0.25) is 0 Å². The molecule has 1 amide bonds. The third-order valence-corrected chi connectivity index (χ3v) is 3.78. The van der Waals surface area contributed by atoms with Crippen molar-refractivity contribution in [1.29, 1.82) is 0 Å². The van der Waals surface area contributed by atoms with Gasteiger partial charge in [-0.2, -0.15) is 0 Å². The number of hydrogen-bond acceptors (Lipinski definition) is 2. The van der Waals surface area contributed by atoms with Gasteiger partial charge in [-0.05, 0) is 66.0 Å². The summed E-state index contributed by atoms with van der Waals surface area (Å²) in [6.45, 7) is 1.95. The van der Waals surface area contributed by atoms with Gasteiger partial charge < -0.3 is 10.6 Å². The summed E-state index contributed by atoms with van der Waals surface area (Å²) in [5.41, 5.74) is 0.509. The van der Waals surface area contributed by atoms with E-state index < -0.39 is 0 Å². The molecule has 0 atom stereocenters. The van der Waals surface area contributed by atoms with Gasteiger partial charge in [0.05, 0.1) is 4.47 Å². The zero-order chi connectivity index (χ0) is 13.0. The van der Waals surface area contributed by atoms with Crippen LogP contribution in [0.3, 0.4) is 0 Å². The van der Waals surface area contributed by atoms with Crippen LogP contribution in [-0.4, -0.2) is 19.0 Å². The molecule has 1 heterocycles. The Morgan fingerprint density at radius 1 is 1.44 bits per heavy atom. The second-order valence-electron chi connectivity index (χ2n) is 4.57. The van der Waals surface area contributed by atoms with E-state index in [0.29, 0.717) is 22.5 Å². The number of carbonyl (C=O) groups excluding carboxylic acids is 1. The molecule has 0 bridgehead atoms. The lowest BCUT2D eigenvalue weighted by atomic mass is 9.94. The fourth-order valence-corrected chi connectivity index (χ4v) is 2.38. The minimum Gasteiger partial charge on any atom is -0.326 e. The van der Waals surface area contributed by atoms with Gasteiger partial charge in [-0.25, -0.2) is 4.39 Å². The molecule has 0 spiro atoms. The molecule has 0 unspecified atom stereocenters. The largest absolute Gasteiger partial charge is 0.326 e. The van der Waals surface area contributed by atoms with Crippen molar-refractivity contribution in [1.82, 2.24) is 5.32 Å². The van der Waals surface area contributed by atoms with E-state index in [4.69, 9.17) is 0 Å². The molecular formula is C13H16BrFN2O. The average molecular weight is 315 g/mol. The molecule has 2 N–H and O–H groups in total. The van der Waals surface area contributed by atoms with Gasteiger partial charge in [0, 0.05) is 12.1 Å². The smallest absolute Gasteiger partial charge is 0.224 e. The number of amides is 1. The molecule has 1 saturated heterocycles. The van der Waals surface area contributed by atoms with Crippen molar-refractivity contribution in [2.75, 3.05) is 18.4 Å². The zero-order valence-electron chi connectivity index (χ0n) is 10.0. The summed E-state index contributed by atoms with van der Waals surface area (Å²) in [6.07, 6.45) is 2.57. The van der Waals surface area contributed by atoms with E-state index in [-0.39, 0.29) is 11.7 Å². The van der Waals surface area contributed by atoms with Crippen LogP contribution in [0, 0.1) is 11.7 Å². The van der Waals surface area contributed by atoms with Gasteiger partial charge in [0.25, 0.3) is 0 Å². The van der Waals surface area contributed by atoms with Gasteiger partial charge in [0.1, 0.15) is 5.82 Å². The molecule has 3 nitrogen and oxygen atoms in total. The number of piperidine rings is 1. The second-order valence-corrected chi connectivity index (χ2v) is 5.43. The maximum absolute atomic E-state index is 13.3. The topological polar surface area (TPSA) is 41.1 Å². The monoisotopic (exact) mass is 314 g/mol. The first kappa shape index (κ1) is 13.5. The summed E-state index contributed by atoms with van der Waals surface area (Å²) < 4.78 is 13.7. The maximum Gasteiger partial charge on any atom is 0.224 e. The highest BCUT2D eigenvalue weighted by atomic mass is 79.9. The molecule has 1 aliphatic rings. The summed E-state index contributed by atoms with van der Waals surface area (Å²) in [7, 11) is 0. The summed E-state index contributed by atoms with van der Waals surface area (Å²) >= 11 is 3.08. The fraction of sp³-hybridized carbons (Fsp3) is 0.462. The van der Waals surface area contributed by atoms with Gasteiger partial charge in [-0.15, -0.1) is 0 Å². The van der Waals surface area contributed by atoms with Crippen LogP contribution < -0.4 is 10.6 Å². The van der Waals surface area contributed by atoms with E-state index in [1.165, 1.54) is 6.07 Å². The van der Waals surface area contributed by atoms with Gasteiger partial charge in [-0.1, -0.05) is 0 Å². The third-order valence-electron chi connectivity index (χ3n) is 3.14. The van der Waals surface area contributed by atoms with E-state index in [9.17, 15) is 9.18 Å². The number of anilines is 1. The number of nitrogens with one attached hydrogen (secondary N) is 2. The van der Waals surface area contributed by atoms with Crippen LogP contribution in [0.25, 0.3) is 0 Å². The van der Waals surface area contributed by atoms with Crippen molar-refractivity contribution in [3.63, 3.8) is 0 Å². The average Bonchev–Trinajstić information content (AvgIpc) is 2.35. The highest BCUT2D eigenvalue weighted by Gasteiger charge is 2.16. The number of carbonyl (C=O) groups is 1. The SMILES string of the molecule is O=C(CC1CCNCC1)Nc1ccc(Br)c(F)c1. The number of benzene rings is 1. The lowest BCUT2D eigenvalue weighted by molar-refractivity contribution is -0.117. The summed E-state index contributed by atoms with van der Waals surface area (Å²) in [5, 5.41) is 6.00. The normalized spacial score (nSPS) is 16.6. The Morgan fingerprint density at radius 2 is 2.17 bits per heavy atom. The fourth-order valence-electron chi connectivity index (χ4n) is 2.13. The van der Waals surface area contributed by atoms with E-state index in [0.717, 1.165) is 25.9 Å². The van der Waals surface area contributed by atoms with E-state index in [1.807, 2.05) is 0 Å². The molecule has 0 saturated carbocycles. The minimum absolute atomic E-state index is 0.0383. The highest BCUT2D eigenvalue weighted by molar-refractivity contribution is 9.10. The Hall–Kier alpha value is -0.940. The van der Waals surface area contributed by atoms with Crippen LogP contribution in [0.15, 0.2) is 22.7 Å². The minimum atomic E-state index is -0.366. The summed E-state index contributed by atoms with van der Waals surface area (Å²) in [6, 6.07) is 4.60. The van der Waals surface area contributed by atoms with Crippen molar-refractivity contribution in [2.45, 2.75) is 19.3 Å². The van der Waals surface area contributed by atoms with Gasteiger partial charge in [-0.3, -0.25) is 4.79 Å². The molecular weight excluding hydrogens is 299 g/mol. The lowest BCUT2D eigenvalue weighted by Crippen LogP contribution is -2.30. The van der Waals surface area contributed by atoms with Gasteiger partial charge >= 0.3 is 0 Å². The maximum atomic E-state index is 13.3. The Balaban J connectivity index is 1.88. The zero-order valence-corrected chi connectivity index (χ0v) is 11.6. The molecule has 1 aromatic carbocycles. The summed E-state index contributed by atoms with van der Waals surface area (Å²) in [5.74, 6) is 0.0323. The van der Waals surface area contributed by atoms with E-state index in [1.54, 1.807) is 12.1 Å². The summed E-state index contributed by atoms with van der Waals surface area (Å²) in [4.78, 5) is 11.8. The Morgan fingerprint density at radius 3 is 2.83 bits per heavy atom. The predicted molar refractivity (Wildman–Crippen MR) is 72.9 cm³/mol. The van der Waals surface area contributed by atoms with Crippen molar-refractivity contribution in [3.8, 4) is 0 Å². The molecule has 1 fully saturated rings. The van der Waals surface area contributed by atoms with Crippen LogP contribution in [0.4, 0.5) is 10.1 Å². The first-order chi connectivity index (χ1) is 8.65. The van der Waals surface area contributed by atoms with Gasteiger partial charge in [0.2, 0.25) is 5.91 Å². The molecule has 2 rings (SSSR count). The van der Waals surface area contributed by atoms with Crippen molar-refractivity contribution in [3.05, 3.63) is 28.5 Å². The van der Waals surface area contributed by atoms with Crippen molar-refractivity contribution in [2.24, 2.45) is 5.92 Å². The third kappa shape index (κ3) is 3.78. The predicted octanol–water partition coefficient (Wildman–Crippen LogP) is 2.92. The first-order valence-electron chi connectivity index (χ1n) is 6.11. The molecule has 18 heavy (non-hydrogen) atoms. The van der Waals surface area contributed by atoms with Crippen molar-refractivity contribution >= 4 is 27.5 Å². The second kappa shape index (κ2) is 6.29. The number of rotatable bonds is 3. The lowest BCUT2D eigenvalue weighted by Gasteiger charge is -2.21. The van der Waals surface area contributed by atoms with Crippen molar-refractivity contribution < 1.29 is 9.18 Å². The molecule has 0 radical (unpaired) electrons. The standard InChI is InChI=1S/C13H16BrFN2O/c14-11-2-1-10(8-12(11)15)17-13(18)7-9-3-5-16-6-4-9/h1-2,8-9,16H,3-7H2,(H,17,18). The van der Waals surface area contributed by atoms with Gasteiger partial charge in [0.15, 0.2) is 0 Å². The molecule has 1 aliphatic heterocycles. The van der Waals surface area contributed by atoms with Crippen LogP contribution in [-0.2, 0) is 4.79 Å². The molecule has 0 aliphatic carbocycles. The highest BCUT2D eigenvalue weighted by Crippen LogP contribution is 2.21. The Bertz CT molecular complexity index is 433. The van der Waals surface area contributed by atoms with E-state index >= 15 is 0 Å².